The van der Waals surface area contributed by atoms with E-state index in [2.05, 4.69) is 29.3 Å². The molecule has 1 aromatic carbocycles. The van der Waals surface area contributed by atoms with Gasteiger partial charge in [0.1, 0.15) is 5.69 Å². The molecular formula is C20H23N3. The molecule has 4 aliphatic rings. The van der Waals surface area contributed by atoms with Gasteiger partial charge < -0.3 is 0 Å². The topological polar surface area (TPSA) is 38.7 Å². The summed E-state index contributed by atoms with van der Waals surface area (Å²) < 4.78 is 0. The minimum atomic E-state index is 0.238. The van der Waals surface area contributed by atoms with Crippen molar-refractivity contribution in [3.8, 4) is 11.3 Å². The Balaban J connectivity index is 1.54. The van der Waals surface area contributed by atoms with Crippen LogP contribution in [0.2, 0.25) is 0 Å². The van der Waals surface area contributed by atoms with Crippen molar-refractivity contribution >= 4 is 0 Å². The number of nitrogens with zero attached hydrogens (tertiary/aromatic N) is 3. The van der Waals surface area contributed by atoms with E-state index in [4.69, 9.17) is 4.98 Å². The molecule has 4 fully saturated rings. The predicted octanol–water partition coefficient (Wildman–Crippen LogP) is 4.31. The fraction of sp³-hybridized carbons (Fsp3) is 0.550. The first-order valence-corrected chi connectivity index (χ1v) is 8.99. The van der Waals surface area contributed by atoms with Crippen molar-refractivity contribution in [3.63, 3.8) is 0 Å². The molecule has 3 heteroatoms. The van der Waals surface area contributed by atoms with Crippen molar-refractivity contribution in [2.75, 3.05) is 0 Å². The molecular weight excluding hydrogens is 282 g/mol. The molecule has 0 N–H and O–H groups in total. The molecule has 0 amide bonds. The van der Waals surface area contributed by atoms with Crippen molar-refractivity contribution in [3.05, 3.63) is 41.9 Å². The zero-order valence-corrected chi connectivity index (χ0v) is 13.7. The predicted molar refractivity (Wildman–Crippen MR) is 89.9 cm³/mol. The van der Waals surface area contributed by atoms with Gasteiger partial charge in [0.15, 0.2) is 5.82 Å². The first-order chi connectivity index (χ1) is 11.2. The zero-order valence-electron chi connectivity index (χ0n) is 13.7. The molecule has 3 nitrogen and oxygen atoms in total. The van der Waals surface area contributed by atoms with Crippen LogP contribution in [0.25, 0.3) is 11.3 Å². The summed E-state index contributed by atoms with van der Waals surface area (Å²) in [6, 6.07) is 10.3. The molecule has 0 saturated heterocycles. The second-order valence-electron chi connectivity index (χ2n) is 8.13. The van der Waals surface area contributed by atoms with Gasteiger partial charge in [-0.25, -0.2) is 4.98 Å². The van der Waals surface area contributed by atoms with Gasteiger partial charge in [-0.15, -0.1) is 10.2 Å². The Kier molecular flexibility index (Phi) is 2.88. The molecule has 23 heavy (non-hydrogen) atoms. The quantitative estimate of drug-likeness (QED) is 0.829. The summed E-state index contributed by atoms with van der Waals surface area (Å²) in [6.45, 7) is 2.08. The summed E-state index contributed by atoms with van der Waals surface area (Å²) in [6.07, 6.45) is 8.25. The van der Waals surface area contributed by atoms with Crippen LogP contribution in [-0.2, 0) is 5.41 Å². The molecule has 0 atom stereocenters. The Morgan fingerprint density at radius 1 is 0.870 bits per heavy atom. The molecule has 0 unspecified atom stereocenters. The highest BCUT2D eigenvalue weighted by Crippen LogP contribution is 2.60. The lowest BCUT2D eigenvalue weighted by molar-refractivity contribution is -0.00991. The SMILES string of the molecule is Cc1nc(C23CC4CC(CC(C4)C2)C3)nnc1-c1ccccc1. The van der Waals surface area contributed by atoms with Gasteiger partial charge in [0.05, 0.1) is 5.69 Å². The average molecular weight is 305 g/mol. The van der Waals surface area contributed by atoms with Crippen molar-refractivity contribution in [2.45, 2.75) is 50.9 Å². The molecule has 4 bridgehead atoms. The van der Waals surface area contributed by atoms with E-state index in [1.807, 2.05) is 18.2 Å². The van der Waals surface area contributed by atoms with Gasteiger partial charge in [-0.3, -0.25) is 0 Å². The molecule has 0 radical (unpaired) electrons. The molecule has 0 aliphatic heterocycles. The van der Waals surface area contributed by atoms with Gasteiger partial charge >= 0.3 is 0 Å². The number of aryl methyl sites for hydroxylation is 1. The molecule has 4 saturated carbocycles. The smallest absolute Gasteiger partial charge is 0.157 e. The summed E-state index contributed by atoms with van der Waals surface area (Å²) in [4.78, 5) is 4.97. The summed E-state index contributed by atoms with van der Waals surface area (Å²) in [5.74, 6) is 3.78. The highest BCUT2D eigenvalue weighted by Gasteiger charge is 2.53. The number of hydrogen-bond donors (Lipinski definition) is 0. The largest absolute Gasteiger partial charge is 0.233 e. The van der Waals surface area contributed by atoms with Crippen molar-refractivity contribution in [1.29, 1.82) is 0 Å². The highest BCUT2D eigenvalue weighted by molar-refractivity contribution is 5.60. The van der Waals surface area contributed by atoms with E-state index in [-0.39, 0.29) is 5.41 Å². The third-order valence-corrected chi connectivity index (χ3v) is 6.42. The van der Waals surface area contributed by atoms with E-state index in [0.29, 0.717) is 0 Å². The second-order valence-corrected chi connectivity index (χ2v) is 8.13. The Labute approximate surface area is 137 Å². The molecule has 0 spiro atoms. The molecule has 118 valence electrons. The number of rotatable bonds is 2. The second kappa shape index (κ2) is 4.86. The molecule has 2 aromatic rings. The van der Waals surface area contributed by atoms with Gasteiger partial charge in [-0.2, -0.15) is 0 Å². The van der Waals surface area contributed by atoms with E-state index in [1.165, 1.54) is 38.5 Å². The molecule has 1 heterocycles. The van der Waals surface area contributed by atoms with Crippen LogP contribution in [-0.4, -0.2) is 15.2 Å². The van der Waals surface area contributed by atoms with Crippen LogP contribution in [0.5, 0.6) is 0 Å². The first kappa shape index (κ1) is 13.6. The summed E-state index contributed by atoms with van der Waals surface area (Å²) >= 11 is 0. The fourth-order valence-electron chi connectivity index (χ4n) is 5.88. The summed E-state index contributed by atoms with van der Waals surface area (Å²) in [7, 11) is 0. The van der Waals surface area contributed by atoms with E-state index in [1.54, 1.807) is 0 Å². The molecule has 4 aliphatic carbocycles. The lowest BCUT2D eigenvalue weighted by Crippen LogP contribution is -2.49. The van der Waals surface area contributed by atoms with E-state index in [0.717, 1.165) is 40.5 Å². The minimum Gasteiger partial charge on any atom is -0.233 e. The standard InChI is InChI=1S/C20H23N3/c1-13-18(17-5-3-2-4-6-17)22-23-19(21-13)20-10-14-7-15(11-20)9-16(8-14)12-20/h2-6,14-16H,7-12H2,1H3. The highest BCUT2D eigenvalue weighted by atomic mass is 15.2. The van der Waals surface area contributed by atoms with Crippen LogP contribution in [0.1, 0.15) is 50.0 Å². The zero-order chi connectivity index (χ0) is 15.4. The lowest BCUT2D eigenvalue weighted by Gasteiger charge is -2.55. The maximum absolute atomic E-state index is 4.97. The van der Waals surface area contributed by atoms with E-state index < -0.39 is 0 Å². The Hall–Kier alpha value is -1.77. The van der Waals surface area contributed by atoms with Gasteiger partial charge in [0, 0.05) is 11.0 Å². The third kappa shape index (κ3) is 2.13. The van der Waals surface area contributed by atoms with Crippen LogP contribution in [0.4, 0.5) is 0 Å². The molecule has 1 aromatic heterocycles. The van der Waals surface area contributed by atoms with E-state index in [9.17, 15) is 0 Å². The summed E-state index contributed by atoms with van der Waals surface area (Å²) in [5, 5.41) is 9.24. The van der Waals surface area contributed by atoms with Crippen LogP contribution >= 0.6 is 0 Å². The van der Waals surface area contributed by atoms with Crippen molar-refractivity contribution < 1.29 is 0 Å². The summed E-state index contributed by atoms with van der Waals surface area (Å²) in [5.41, 5.74) is 3.31. The van der Waals surface area contributed by atoms with Gasteiger partial charge in [0.25, 0.3) is 0 Å². The minimum absolute atomic E-state index is 0.238. The third-order valence-electron chi connectivity index (χ3n) is 6.42. The van der Waals surface area contributed by atoms with Gasteiger partial charge in [-0.1, -0.05) is 30.3 Å². The van der Waals surface area contributed by atoms with Crippen LogP contribution in [0.15, 0.2) is 30.3 Å². The van der Waals surface area contributed by atoms with Crippen LogP contribution in [0.3, 0.4) is 0 Å². The van der Waals surface area contributed by atoms with Crippen LogP contribution < -0.4 is 0 Å². The van der Waals surface area contributed by atoms with Gasteiger partial charge in [-0.05, 0) is 63.2 Å². The van der Waals surface area contributed by atoms with Crippen molar-refractivity contribution in [2.24, 2.45) is 17.8 Å². The maximum Gasteiger partial charge on any atom is 0.157 e. The lowest BCUT2D eigenvalue weighted by atomic mass is 9.49. The number of hydrogen-bond acceptors (Lipinski definition) is 3. The first-order valence-electron chi connectivity index (χ1n) is 8.99. The Morgan fingerprint density at radius 3 is 2.04 bits per heavy atom. The monoisotopic (exact) mass is 305 g/mol. The average Bonchev–Trinajstić information content (AvgIpc) is 2.54. The Morgan fingerprint density at radius 2 is 1.48 bits per heavy atom. The van der Waals surface area contributed by atoms with Crippen molar-refractivity contribution in [1.82, 2.24) is 15.2 Å². The Bertz CT molecular complexity index is 703. The maximum atomic E-state index is 4.97. The normalized spacial score (nSPS) is 34.7. The number of benzene rings is 1. The van der Waals surface area contributed by atoms with Crippen LogP contribution in [0, 0.1) is 24.7 Å². The van der Waals surface area contributed by atoms with E-state index >= 15 is 0 Å². The fourth-order valence-corrected chi connectivity index (χ4v) is 5.88. The van der Waals surface area contributed by atoms with Gasteiger partial charge in [0.2, 0.25) is 0 Å². The molecule has 6 rings (SSSR count). The number of aromatic nitrogens is 3.